The molecule has 27 heavy (non-hydrogen) atoms. The van der Waals surface area contributed by atoms with E-state index in [-0.39, 0.29) is 18.4 Å². The van der Waals surface area contributed by atoms with Crippen molar-refractivity contribution >= 4 is 18.1 Å². The predicted octanol–water partition coefficient (Wildman–Crippen LogP) is 5.63. The lowest BCUT2D eigenvalue weighted by atomic mass is 10.0. The van der Waals surface area contributed by atoms with Crippen LogP contribution in [0, 0.1) is 6.92 Å². The van der Waals surface area contributed by atoms with Gasteiger partial charge in [-0.15, -0.1) is 12.4 Å². The molecule has 0 saturated heterocycles. The van der Waals surface area contributed by atoms with Crippen molar-refractivity contribution in [2.45, 2.75) is 46.1 Å². The average Bonchev–Trinajstić information content (AvgIpc) is 2.66. The zero-order chi connectivity index (χ0) is 18.4. The number of aryl methyl sites for hydroxylation is 1. The first-order valence-corrected chi connectivity index (χ1v) is 10.0. The first-order chi connectivity index (χ1) is 12.7. The van der Waals surface area contributed by atoms with E-state index in [1.165, 1.54) is 42.6 Å². The van der Waals surface area contributed by atoms with Gasteiger partial charge in [0.05, 0.1) is 11.7 Å². The van der Waals surface area contributed by atoms with Crippen molar-refractivity contribution in [3.05, 3.63) is 59.2 Å². The van der Waals surface area contributed by atoms with Gasteiger partial charge in [0.2, 0.25) is 0 Å². The molecular formula is C23H33ClN2O. The van der Waals surface area contributed by atoms with Crippen LogP contribution in [0.5, 0.6) is 5.75 Å². The third kappa shape index (κ3) is 5.88. The Kier molecular flexibility index (Phi) is 8.46. The molecule has 0 fully saturated rings. The first-order valence-electron chi connectivity index (χ1n) is 10.0. The molecule has 4 heteroatoms. The van der Waals surface area contributed by atoms with Gasteiger partial charge in [0.25, 0.3) is 0 Å². The van der Waals surface area contributed by atoms with Gasteiger partial charge in [-0.05, 0) is 62.5 Å². The minimum absolute atomic E-state index is 0. The quantitative estimate of drug-likeness (QED) is 0.634. The Morgan fingerprint density at radius 2 is 1.70 bits per heavy atom. The molecule has 1 aliphatic rings. The molecule has 1 heterocycles. The van der Waals surface area contributed by atoms with Gasteiger partial charge in [-0.25, -0.2) is 0 Å². The summed E-state index contributed by atoms with van der Waals surface area (Å²) < 4.78 is 6.01. The van der Waals surface area contributed by atoms with Crippen LogP contribution in [0.25, 0.3) is 0 Å². The summed E-state index contributed by atoms with van der Waals surface area (Å²) in [4.78, 5) is 2.57. The highest BCUT2D eigenvalue weighted by Gasteiger charge is 2.20. The van der Waals surface area contributed by atoms with E-state index in [1.54, 1.807) is 0 Å². The number of rotatable bonds is 8. The lowest BCUT2D eigenvalue weighted by molar-refractivity contribution is 0.277. The van der Waals surface area contributed by atoms with Gasteiger partial charge in [-0.2, -0.15) is 0 Å². The van der Waals surface area contributed by atoms with Crippen LogP contribution < -0.4 is 10.1 Å². The fourth-order valence-electron chi connectivity index (χ4n) is 3.61. The van der Waals surface area contributed by atoms with E-state index in [2.05, 4.69) is 73.5 Å². The minimum Gasteiger partial charge on any atom is -0.489 e. The van der Waals surface area contributed by atoms with Gasteiger partial charge in [0.1, 0.15) is 12.4 Å². The number of hydrogen-bond acceptors (Lipinski definition) is 3. The maximum Gasteiger partial charge on any atom is 0.142 e. The van der Waals surface area contributed by atoms with E-state index in [0.29, 0.717) is 6.61 Å². The molecule has 0 amide bonds. The second-order valence-electron chi connectivity index (χ2n) is 7.34. The third-order valence-corrected chi connectivity index (χ3v) is 5.06. The number of benzene rings is 2. The summed E-state index contributed by atoms with van der Waals surface area (Å²) in [5.74, 6) is 0.969. The molecule has 2 aromatic carbocycles. The van der Waals surface area contributed by atoms with Crippen LogP contribution in [0.1, 0.15) is 49.4 Å². The summed E-state index contributed by atoms with van der Waals surface area (Å²) in [6.45, 7) is 10.8. The Balaban J connectivity index is 0.00000261. The van der Waals surface area contributed by atoms with Crippen molar-refractivity contribution < 1.29 is 4.74 Å². The van der Waals surface area contributed by atoms with Gasteiger partial charge in [0.15, 0.2) is 0 Å². The largest absolute Gasteiger partial charge is 0.489 e. The van der Waals surface area contributed by atoms with Crippen molar-refractivity contribution in [2.24, 2.45) is 0 Å². The molecule has 1 aliphatic heterocycles. The molecule has 1 N–H and O–H groups in total. The number of halogens is 1. The van der Waals surface area contributed by atoms with Crippen molar-refractivity contribution in [1.82, 2.24) is 4.90 Å². The summed E-state index contributed by atoms with van der Waals surface area (Å²) >= 11 is 0. The van der Waals surface area contributed by atoms with E-state index in [0.717, 1.165) is 24.4 Å². The summed E-state index contributed by atoms with van der Waals surface area (Å²) in [6.07, 6.45) is 3.53. The molecule has 2 aromatic rings. The van der Waals surface area contributed by atoms with Crippen LogP contribution >= 0.6 is 12.4 Å². The zero-order valence-electron chi connectivity index (χ0n) is 16.8. The number of hydrogen-bond donors (Lipinski definition) is 1. The van der Waals surface area contributed by atoms with Gasteiger partial charge < -0.3 is 15.0 Å². The van der Waals surface area contributed by atoms with Crippen LogP contribution in [0.4, 0.5) is 5.69 Å². The van der Waals surface area contributed by atoms with Crippen LogP contribution in [0.3, 0.4) is 0 Å². The smallest absolute Gasteiger partial charge is 0.142 e. The Morgan fingerprint density at radius 1 is 1.00 bits per heavy atom. The Hall–Kier alpha value is -1.71. The molecule has 148 valence electrons. The minimum atomic E-state index is 0. The standard InChI is InChI=1S/C23H32N2O.ClH/c1-4-13-25(14-5-2)15-12-19-8-11-23-21(16-19)24-22(17-26-23)20-9-6-18(3)7-10-20;/h6-11,16,22,24H,4-5,12-15,17H2,1-3H3;1H. The number of nitrogens with zero attached hydrogens (tertiary/aromatic N) is 1. The fourth-order valence-corrected chi connectivity index (χ4v) is 3.61. The lowest BCUT2D eigenvalue weighted by Gasteiger charge is -2.28. The van der Waals surface area contributed by atoms with Crippen LogP contribution in [0.15, 0.2) is 42.5 Å². The van der Waals surface area contributed by atoms with Crippen molar-refractivity contribution in [1.29, 1.82) is 0 Å². The molecule has 0 radical (unpaired) electrons. The molecule has 0 aliphatic carbocycles. The SMILES string of the molecule is CCCN(CCC)CCc1ccc2c(c1)NC(c1ccc(C)cc1)CO2.Cl. The van der Waals surface area contributed by atoms with Gasteiger partial charge in [-0.3, -0.25) is 0 Å². The fraction of sp³-hybridized carbons (Fsp3) is 0.478. The highest BCUT2D eigenvalue weighted by molar-refractivity contribution is 5.85. The molecular weight excluding hydrogens is 356 g/mol. The highest BCUT2D eigenvalue weighted by Crippen LogP contribution is 2.34. The Labute approximate surface area is 170 Å². The monoisotopic (exact) mass is 388 g/mol. The van der Waals surface area contributed by atoms with Crippen molar-refractivity contribution in [2.75, 3.05) is 31.6 Å². The topological polar surface area (TPSA) is 24.5 Å². The maximum atomic E-state index is 6.01. The number of ether oxygens (including phenoxy) is 1. The number of fused-ring (bicyclic) bond motifs is 1. The summed E-state index contributed by atoms with van der Waals surface area (Å²) in [5, 5.41) is 3.67. The van der Waals surface area contributed by atoms with Crippen LogP contribution in [-0.4, -0.2) is 31.1 Å². The average molecular weight is 389 g/mol. The van der Waals surface area contributed by atoms with Crippen molar-refractivity contribution in [3.8, 4) is 5.75 Å². The molecule has 3 nitrogen and oxygen atoms in total. The van der Waals surface area contributed by atoms with E-state index < -0.39 is 0 Å². The molecule has 0 spiro atoms. The molecule has 1 atom stereocenters. The molecule has 3 rings (SSSR count). The summed E-state index contributed by atoms with van der Waals surface area (Å²) in [6, 6.07) is 15.5. The maximum absolute atomic E-state index is 6.01. The zero-order valence-corrected chi connectivity index (χ0v) is 17.6. The molecule has 0 bridgehead atoms. The van der Waals surface area contributed by atoms with E-state index in [4.69, 9.17) is 4.74 Å². The Bertz CT molecular complexity index is 696. The van der Waals surface area contributed by atoms with Crippen molar-refractivity contribution in [3.63, 3.8) is 0 Å². The molecule has 0 saturated carbocycles. The summed E-state index contributed by atoms with van der Waals surface area (Å²) in [5.41, 5.74) is 5.07. The van der Waals surface area contributed by atoms with E-state index >= 15 is 0 Å². The van der Waals surface area contributed by atoms with E-state index in [9.17, 15) is 0 Å². The van der Waals surface area contributed by atoms with Gasteiger partial charge >= 0.3 is 0 Å². The number of nitrogens with one attached hydrogen (secondary N) is 1. The van der Waals surface area contributed by atoms with Gasteiger partial charge in [-0.1, -0.05) is 49.7 Å². The molecule has 0 aromatic heterocycles. The highest BCUT2D eigenvalue weighted by atomic mass is 35.5. The Morgan fingerprint density at radius 3 is 2.37 bits per heavy atom. The molecule has 1 unspecified atom stereocenters. The lowest BCUT2D eigenvalue weighted by Crippen LogP contribution is -2.28. The third-order valence-electron chi connectivity index (χ3n) is 5.06. The normalized spacial score (nSPS) is 15.5. The summed E-state index contributed by atoms with van der Waals surface area (Å²) in [7, 11) is 0. The van der Waals surface area contributed by atoms with E-state index in [1.807, 2.05) is 0 Å². The second-order valence-corrected chi connectivity index (χ2v) is 7.34. The number of anilines is 1. The first kappa shape index (κ1) is 21.6. The second kappa shape index (κ2) is 10.6. The van der Waals surface area contributed by atoms with Crippen LogP contribution in [-0.2, 0) is 6.42 Å². The predicted molar refractivity (Wildman–Crippen MR) is 117 cm³/mol. The van der Waals surface area contributed by atoms with Crippen LogP contribution in [0.2, 0.25) is 0 Å². The van der Waals surface area contributed by atoms with Gasteiger partial charge in [0, 0.05) is 6.54 Å².